The normalized spacial score (nSPS) is 15.1. The Morgan fingerprint density at radius 2 is 1.76 bits per heavy atom. The first-order valence-corrected chi connectivity index (χ1v) is 14.2. The number of aromatic nitrogens is 2. The second kappa shape index (κ2) is 16.3. The average molecular weight is 647 g/mol. The van der Waals surface area contributed by atoms with Crippen LogP contribution in [0.4, 0.5) is 26.7 Å². The molecule has 0 radical (unpaired) electrons. The zero-order valence-electron chi connectivity index (χ0n) is 26.8. The Labute approximate surface area is 260 Å². The van der Waals surface area contributed by atoms with Gasteiger partial charge in [0.2, 0.25) is 5.91 Å². The van der Waals surface area contributed by atoms with Crippen molar-refractivity contribution in [1.82, 2.24) is 20.4 Å². The van der Waals surface area contributed by atoms with E-state index in [1.807, 2.05) is 13.8 Å². The molecule has 0 aliphatic rings. The number of carbonyl (C=O) groups is 3. The minimum atomic E-state index is -4.79. The van der Waals surface area contributed by atoms with Crippen molar-refractivity contribution in [2.45, 2.75) is 105 Å². The number of halogens is 5. The lowest BCUT2D eigenvalue weighted by Gasteiger charge is -2.30. The number of ketones is 1. The summed E-state index contributed by atoms with van der Waals surface area (Å²) in [5.41, 5.74) is 2.51. The fourth-order valence-electron chi connectivity index (χ4n) is 3.81. The molecule has 1 aromatic rings. The molecular formula is C30H43F5N6O4. The van der Waals surface area contributed by atoms with E-state index >= 15 is 0 Å². The van der Waals surface area contributed by atoms with Gasteiger partial charge in [0.1, 0.15) is 11.6 Å². The molecule has 1 rings (SSSR count). The number of nitrogens with two attached hydrogens (primary N) is 1. The van der Waals surface area contributed by atoms with E-state index in [1.54, 1.807) is 26.8 Å². The number of rotatable bonds is 14. The Hall–Kier alpha value is -4.04. The second-order valence-corrected chi connectivity index (χ2v) is 12.1. The lowest BCUT2D eigenvalue weighted by Crippen LogP contribution is -2.55. The van der Waals surface area contributed by atoms with Crippen LogP contribution < -0.4 is 16.4 Å². The summed E-state index contributed by atoms with van der Waals surface area (Å²) in [7, 11) is 0. The summed E-state index contributed by atoms with van der Waals surface area (Å²) in [5.74, 6) is -1.18. The predicted octanol–water partition coefficient (Wildman–Crippen LogP) is 5.79. The number of hydrogen-bond acceptors (Lipinski definition) is 7. The van der Waals surface area contributed by atoms with E-state index in [1.165, 1.54) is 32.9 Å². The topological polar surface area (TPSA) is 141 Å². The molecule has 0 fully saturated rings. The summed E-state index contributed by atoms with van der Waals surface area (Å²) in [6.45, 7) is 9.59. The molecule has 0 aromatic carbocycles. The molecule has 4 N–H and O–H groups in total. The van der Waals surface area contributed by atoms with Gasteiger partial charge < -0.3 is 21.1 Å². The Bertz CT molecular complexity index is 1310. The standard InChI is InChI=1S/C30H43F5N6O4/c1-9-18(2)12-21(11-10-19(3)42)23-14-24(30(33,34)35)40-41(23)17-29(7,8)39-25(43)22(38-27(44)45-28(4,5)6)13-20(15-36)16-37-26(31)32/h10-12,14-16,18,22,26H,9,13,17,36H2,1-8H3,(H,38,44)(H,39,43)/b11-10-,20-15-,21-12+,37-16+/t18?,22-/m1/s1. The number of nitrogens with one attached hydrogen (secondary N) is 2. The lowest BCUT2D eigenvalue weighted by atomic mass is 10.00. The van der Waals surface area contributed by atoms with Crippen molar-refractivity contribution in [3.8, 4) is 0 Å². The Balaban J connectivity index is 3.52. The first kappa shape index (κ1) is 39.0. The van der Waals surface area contributed by atoms with E-state index in [0.717, 1.165) is 23.2 Å². The molecule has 0 aliphatic carbocycles. The lowest BCUT2D eigenvalue weighted by molar-refractivity contribution is -0.141. The van der Waals surface area contributed by atoms with Gasteiger partial charge in [-0.2, -0.15) is 27.1 Å². The molecular weight excluding hydrogens is 603 g/mol. The van der Waals surface area contributed by atoms with E-state index in [2.05, 4.69) is 20.7 Å². The fraction of sp³-hybridized carbons (Fsp3) is 0.567. The highest BCUT2D eigenvalue weighted by atomic mass is 19.4. The molecule has 0 saturated heterocycles. The minimum Gasteiger partial charge on any atom is -0.444 e. The third-order valence-electron chi connectivity index (χ3n) is 5.99. The van der Waals surface area contributed by atoms with Crippen molar-refractivity contribution in [3.63, 3.8) is 0 Å². The fourth-order valence-corrected chi connectivity index (χ4v) is 3.81. The van der Waals surface area contributed by atoms with Crippen LogP contribution in [0.3, 0.4) is 0 Å². The third kappa shape index (κ3) is 14.5. The average Bonchev–Trinajstić information content (AvgIpc) is 3.29. The zero-order chi connectivity index (χ0) is 34.8. The molecule has 1 heterocycles. The van der Waals surface area contributed by atoms with Crippen LogP contribution in [0.5, 0.6) is 0 Å². The van der Waals surface area contributed by atoms with Gasteiger partial charge in [-0.05, 0) is 83.0 Å². The van der Waals surface area contributed by atoms with E-state index in [-0.39, 0.29) is 35.9 Å². The number of hydrogen-bond donors (Lipinski definition) is 3. The van der Waals surface area contributed by atoms with Crippen LogP contribution in [0.2, 0.25) is 0 Å². The van der Waals surface area contributed by atoms with Crippen LogP contribution in [0.1, 0.15) is 79.6 Å². The van der Waals surface area contributed by atoms with Gasteiger partial charge in [0.15, 0.2) is 11.5 Å². The Kier molecular flexibility index (Phi) is 14.1. The summed E-state index contributed by atoms with van der Waals surface area (Å²) < 4.78 is 73.0. The van der Waals surface area contributed by atoms with Gasteiger partial charge in [0, 0.05) is 12.6 Å². The van der Waals surface area contributed by atoms with Gasteiger partial charge >= 0.3 is 18.8 Å². The minimum absolute atomic E-state index is 0.00872. The molecule has 45 heavy (non-hydrogen) atoms. The van der Waals surface area contributed by atoms with Crippen LogP contribution >= 0.6 is 0 Å². The molecule has 0 spiro atoms. The molecule has 1 unspecified atom stereocenters. The molecule has 0 aliphatic heterocycles. The van der Waals surface area contributed by atoms with Crippen LogP contribution in [0, 0.1) is 5.92 Å². The van der Waals surface area contributed by atoms with Crippen molar-refractivity contribution >= 4 is 29.6 Å². The number of amides is 2. The molecule has 2 atom stereocenters. The molecule has 0 bridgehead atoms. The monoisotopic (exact) mass is 646 g/mol. The number of alkyl carbamates (subject to hydrolysis) is 1. The maximum atomic E-state index is 13.8. The van der Waals surface area contributed by atoms with E-state index < -0.39 is 47.6 Å². The maximum Gasteiger partial charge on any atom is 0.435 e. The zero-order valence-corrected chi connectivity index (χ0v) is 26.8. The van der Waals surface area contributed by atoms with Gasteiger partial charge in [-0.25, -0.2) is 9.79 Å². The van der Waals surface area contributed by atoms with Crippen molar-refractivity contribution in [2.75, 3.05) is 0 Å². The SMILES string of the molecule is CCC(C)/C=C(\C=C/C(C)=O)c1cc(C(F)(F)F)nn1CC(C)(C)NC(=O)[C@@H](CC(=C/N)/C=N/C(F)F)NC(=O)OC(C)(C)C. The van der Waals surface area contributed by atoms with E-state index in [4.69, 9.17) is 10.5 Å². The molecule has 1 aromatic heterocycles. The number of ether oxygens (including phenoxy) is 1. The predicted molar refractivity (Wildman–Crippen MR) is 161 cm³/mol. The van der Waals surface area contributed by atoms with Gasteiger partial charge in [-0.15, -0.1) is 0 Å². The number of aliphatic imine (C=N–C) groups is 1. The van der Waals surface area contributed by atoms with Gasteiger partial charge in [-0.1, -0.05) is 26.3 Å². The van der Waals surface area contributed by atoms with Crippen molar-refractivity contribution in [1.29, 1.82) is 0 Å². The van der Waals surface area contributed by atoms with Gasteiger partial charge in [0.25, 0.3) is 0 Å². The third-order valence-corrected chi connectivity index (χ3v) is 5.99. The van der Waals surface area contributed by atoms with Crippen LogP contribution in [0.15, 0.2) is 41.1 Å². The maximum absolute atomic E-state index is 13.8. The second-order valence-electron chi connectivity index (χ2n) is 12.1. The van der Waals surface area contributed by atoms with E-state index in [0.29, 0.717) is 12.0 Å². The quantitative estimate of drug-likeness (QED) is 0.0769. The Morgan fingerprint density at radius 3 is 2.24 bits per heavy atom. The van der Waals surface area contributed by atoms with Crippen LogP contribution in [-0.4, -0.2) is 57.5 Å². The van der Waals surface area contributed by atoms with Crippen molar-refractivity contribution < 1.29 is 41.1 Å². The summed E-state index contributed by atoms with van der Waals surface area (Å²) in [5, 5.41) is 8.83. The summed E-state index contributed by atoms with van der Waals surface area (Å²) in [6.07, 6.45) is 0.624. The van der Waals surface area contributed by atoms with E-state index in [9.17, 15) is 36.3 Å². The highest BCUT2D eigenvalue weighted by molar-refractivity contribution is 5.91. The summed E-state index contributed by atoms with van der Waals surface area (Å²) in [6, 6.07) is -0.537. The van der Waals surface area contributed by atoms with Crippen LogP contribution in [0.25, 0.3) is 5.57 Å². The number of allylic oxidation sites excluding steroid dienone is 4. The van der Waals surface area contributed by atoms with Crippen LogP contribution in [-0.2, 0) is 27.0 Å². The van der Waals surface area contributed by atoms with Gasteiger partial charge in [-0.3, -0.25) is 14.3 Å². The molecule has 252 valence electrons. The van der Waals surface area contributed by atoms with Crippen molar-refractivity contribution in [3.05, 3.63) is 47.5 Å². The molecule has 2 amide bonds. The number of carbonyl (C=O) groups excluding carboxylic acids is 3. The Morgan fingerprint density at radius 1 is 1.13 bits per heavy atom. The first-order valence-electron chi connectivity index (χ1n) is 14.2. The summed E-state index contributed by atoms with van der Waals surface area (Å²) >= 11 is 0. The highest BCUT2D eigenvalue weighted by Crippen LogP contribution is 2.32. The first-order chi connectivity index (χ1) is 20.6. The molecule has 0 saturated carbocycles. The smallest absolute Gasteiger partial charge is 0.435 e. The molecule has 15 heteroatoms. The number of alkyl halides is 5. The summed E-state index contributed by atoms with van der Waals surface area (Å²) in [4.78, 5) is 40.6. The van der Waals surface area contributed by atoms with Gasteiger partial charge in [0.05, 0.1) is 17.8 Å². The largest absolute Gasteiger partial charge is 0.444 e. The van der Waals surface area contributed by atoms with Crippen molar-refractivity contribution in [2.24, 2.45) is 16.6 Å². The highest BCUT2D eigenvalue weighted by Gasteiger charge is 2.37. The number of nitrogens with zero attached hydrogens (tertiary/aromatic N) is 3. The molecule has 10 nitrogen and oxygen atoms in total.